The third kappa shape index (κ3) is 8.26. The van der Waals surface area contributed by atoms with Crippen molar-refractivity contribution < 1.29 is 94.2 Å². The minimum atomic E-state index is -3.08. The molecule has 3 heterocycles. The van der Waals surface area contributed by atoms with Crippen molar-refractivity contribution >= 4 is 17.8 Å². The zero-order valence-electron chi connectivity index (χ0n) is 24.7. The average Bonchev–Trinajstić information content (AvgIpc) is 2.99. The molecule has 2 amide bonds. The highest BCUT2D eigenvalue weighted by molar-refractivity contribution is 5.76. The Bertz CT molecular complexity index is 1050. The van der Waals surface area contributed by atoms with Crippen LogP contribution in [-0.2, 0) is 38.1 Å². The van der Waals surface area contributed by atoms with Crippen molar-refractivity contribution in [1.82, 2.24) is 10.6 Å². The maximum atomic E-state index is 12.3. The number of aliphatic hydroxyl groups excluding tert-OH is 9. The quantitative estimate of drug-likeness (QED) is 0.0913. The number of amides is 2. The fraction of sp³-hybridized carbons (Fsp3) is 0.880. The van der Waals surface area contributed by atoms with E-state index >= 15 is 0 Å². The summed E-state index contributed by atoms with van der Waals surface area (Å²) in [7, 11) is 0. The molecule has 0 bridgehead atoms. The number of carbonyl (C=O) groups is 3. The second kappa shape index (κ2) is 15.8. The highest BCUT2D eigenvalue weighted by Crippen LogP contribution is 2.35. The topological polar surface area (TPSA) is 344 Å². The van der Waals surface area contributed by atoms with E-state index in [2.05, 4.69) is 10.6 Å². The summed E-state index contributed by atoms with van der Waals surface area (Å²) in [6.07, 6.45) is -24.9. The van der Waals surface area contributed by atoms with Crippen LogP contribution in [0.1, 0.15) is 20.3 Å². The molecule has 0 aromatic rings. The summed E-state index contributed by atoms with van der Waals surface area (Å²) in [6, 6.07) is -3.26. The van der Waals surface area contributed by atoms with Gasteiger partial charge >= 0.3 is 5.97 Å². The number of aliphatic hydroxyl groups is 10. The monoisotopic (exact) mass is 674 g/mol. The Morgan fingerprint density at radius 3 is 1.91 bits per heavy atom. The van der Waals surface area contributed by atoms with Crippen molar-refractivity contribution in [3.05, 3.63) is 0 Å². The molecule has 0 aliphatic carbocycles. The Kier molecular flexibility index (Phi) is 13.1. The number of hydrogen-bond donors (Lipinski definition) is 13. The van der Waals surface area contributed by atoms with Crippen LogP contribution in [0.5, 0.6) is 0 Å². The number of nitrogens with one attached hydrogen (secondary N) is 2. The highest BCUT2D eigenvalue weighted by Gasteiger charge is 2.57. The Morgan fingerprint density at radius 2 is 1.39 bits per heavy atom. The van der Waals surface area contributed by atoms with Gasteiger partial charge in [-0.3, -0.25) is 9.59 Å². The third-order valence-electron chi connectivity index (χ3n) is 7.83. The van der Waals surface area contributed by atoms with Crippen LogP contribution < -0.4 is 10.6 Å². The molecule has 0 spiro atoms. The third-order valence-corrected chi connectivity index (χ3v) is 7.83. The molecule has 46 heavy (non-hydrogen) atoms. The fourth-order valence-electron chi connectivity index (χ4n) is 5.51. The SMILES string of the molecule is CC(=O)NC1C(OC(C(O)CO)C2OC(O)(C(=O)O)CC(O)C2NC(C)=O)OC(CO)C(O)C1OC1OC(CO)C(O)C(O)C1O. The molecule has 3 aliphatic rings. The van der Waals surface area contributed by atoms with Gasteiger partial charge in [-0.25, -0.2) is 4.79 Å². The van der Waals surface area contributed by atoms with E-state index in [9.17, 15) is 70.6 Å². The molecule has 0 saturated carbocycles. The minimum Gasteiger partial charge on any atom is -0.477 e. The van der Waals surface area contributed by atoms with Gasteiger partial charge in [0.1, 0.15) is 67.1 Å². The van der Waals surface area contributed by atoms with Gasteiger partial charge in [0, 0.05) is 20.3 Å². The van der Waals surface area contributed by atoms with Crippen LogP contribution in [0.25, 0.3) is 0 Å². The molecule has 0 aromatic carbocycles. The molecule has 3 rings (SSSR count). The van der Waals surface area contributed by atoms with E-state index in [1.807, 2.05) is 0 Å². The largest absolute Gasteiger partial charge is 0.477 e. The predicted octanol–water partition coefficient (Wildman–Crippen LogP) is -8.08. The van der Waals surface area contributed by atoms with Gasteiger partial charge < -0.3 is 90.5 Å². The van der Waals surface area contributed by atoms with Gasteiger partial charge in [0.25, 0.3) is 5.79 Å². The average molecular weight is 675 g/mol. The summed E-state index contributed by atoms with van der Waals surface area (Å²) < 4.78 is 27.9. The van der Waals surface area contributed by atoms with Crippen molar-refractivity contribution in [2.75, 3.05) is 19.8 Å². The lowest BCUT2D eigenvalue weighted by Crippen LogP contribution is -2.71. The van der Waals surface area contributed by atoms with Crippen molar-refractivity contribution in [3.63, 3.8) is 0 Å². The van der Waals surface area contributed by atoms with Gasteiger partial charge in [0.05, 0.1) is 32.0 Å². The summed E-state index contributed by atoms with van der Waals surface area (Å²) in [4.78, 5) is 36.1. The lowest BCUT2D eigenvalue weighted by Gasteiger charge is -2.50. The van der Waals surface area contributed by atoms with Crippen LogP contribution in [-0.4, -0.2) is 191 Å². The first-order valence-electron chi connectivity index (χ1n) is 14.2. The van der Waals surface area contributed by atoms with Crippen molar-refractivity contribution in [3.8, 4) is 0 Å². The highest BCUT2D eigenvalue weighted by atomic mass is 16.7. The molecule has 3 saturated heterocycles. The number of carboxylic acids is 1. The number of hydrogen-bond acceptors (Lipinski definition) is 18. The van der Waals surface area contributed by atoms with Crippen LogP contribution in [0.4, 0.5) is 0 Å². The Labute approximate surface area is 260 Å². The molecule has 16 atom stereocenters. The van der Waals surface area contributed by atoms with Crippen molar-refractivity contribution in [1.29, 1.82) is 0 Å². The summed E-state index contributed by atoms with van der Waals surface area (Å²) in [5.41, 5.74) is 0. The molecule has 0 aromatic heterocycles. The number of carboxylic acid groups (broad SMARTS) is 1. The van der Waals surface area contributed by atoms with Gasteiger partial charge in [-0.1, -0.05) is 0 Å². The van der Waals surface area contributed by atoms with E-state index in [1.165, 1.54) is 0 Å². The first-order chi connectivity index (χ1) is 21.5. The predicted molar refractivity (Wildman–Crippen MR) is 142 cm³/mol. The first kappa shape index (κ1) is 38.3. The Morgan fingerprint density at radius 1 is 0.848 bits per heavy atom. The van der Waals surface area contributed by atoms with Gasteiger partial charge in [-0.15, -0.1) is 0 Å². The fourth-order valence-corrected chi connectivity index (χ4v) is 5.51. The van der Waals surface area contributed by atoms with E-state index in [1.54, 1.807) is 0 Å². The molecule has 266 valence electrons. The molecule has 21 nitrogen and oxygen atoms in total. The Hall–Kier alpha value is -2.19. The van der Waals surface area contributed by atoms with E-state index in [4.69, 9.17) is 23.7 Å². The van der Waals surface area contributed by atoms with E-state index in [0.29, 0.717) is 0 Å². The van der Waals surface area contributed by atoms with Crippen LogP contribution >= 0.6 is 0 Å². The number of aliphatic carboxylic acids is 1. The van der Waals surface area contributed by atoms with E-state index in [0.717, 1.165) is 13.8 Å². The number of rotatable bonds is 12. The second-order valence-corrected chi connectivity index (χ2v) is 11.3. The molecule has 3 aliphatic heterocycles. The Balaban J connectivity index is 2.04. The summed E-state index contributed by atoms with van der Waals surface area (Å²) in [5, 5.41) is 117. The van der Waals surface area contributed by atoms with Crippen molar-refractivity contribution in [2.24, 2.45) is 0 Å². The molecule has 21 heteroatoms. The lowest BCUT2D eigenvalue weighted by atomic mass is 9.88. The zero-order valence-corrected chi connectivity index (χ0v) is 24.7. The van der Waals surface area contributed by atoms with Crippen LogP contribution in [0, 0.1) is 0 Å². The molecular weight excluding hydrogens is 632 g/mol. The molecule has 3 fully saturated rings. The van der Waals surface area contributed by atoms with Gasteiger partial charge in [-0.2, -0.15) is 0 Å². The van der Waals surface area contributed by atoms with Crippen LogP contribution in [0.3, 0.4) is 0 Å². The molecular formula is C25H42N2O19. The maximum absolute atomic E-state index is 12.3. The summed E-state index contributed by atoms with van der Waals surface area (Å²) >= 11 is 0. The standard InChI is InChI=1S/C25H42N2O19/c1-7(31)26-13-9(33)3-25(41,24(39)40)46-21(13)19(10(34)4-28)44-22-14(27-8(2)32)20(16(36)12(6-30)42-22)45-23-18(38)17(37)15(35)11(5-29)43-23/h9-23,28-30,33-38,41H,3-6H2,1-2H3,(H,26,31)(H,27,32)(H,39,40). The maximum Gasteiger partial charge on any atom is 0.364 e. The zero-order chi connectivity index (χ0) is 34.7. The smallest absolute Gasteiger partial charge is 0.364 e. The second-order valence-electron chi connectivity index (χ2n) is 11.3. The lowest BCUT2D eigenvalue weighted by molar-refractivity contribution is -0.358. The molecule has 13 N–H and O–H groups in total. The van der Waals surface area contributed by atoms with Crippen molar-refractivity contribution in [2.45, 2.75) is 118 Å². The summed E-state index contributed by atoms with van der Waals surface area (Å²) in [5.74, 6) is -6.62. The van der Waals surface area contributed by atoms with E-state index < -0.39 is 142 Å². The van der Waals surface area contributed by atoms with Crippen LogP contribution in [0.15, 0.2) is 0 Å². The number of ether oxygens (including phenoxy) is 5. The van der Waals surface area contributed by atoms with Gasteiger partial charge in [0.15, 0.2) is 12.6 Å². The molecule has 16 unspecified atom stereocenters. The first-order valence-corrected chi connectivity index (χ1v) is 14.2. The van der Waals surface area contributed by atoms with E-state index in [-0.39, 0.29) is 0 Å². The van der Waals surface area contributed by atoms with Gasteiger partial charge in [0.2, 0.25) is 11.8 Å². The van der Waals surface area contributed by atoms with Gasteiger partial charge in [-0.05, 0) is 0 Å². The normalized spacial score (nSPS) is 42.9. The summed E-state index contributed by atoms with van der Waals surface area (Å²) in [6.45, 7) is -0.847. The minimum absolute atomic E-state index is 0.767. The molecule has 0 radical (unpaired) electrons. The van der Waals surface area contributed by atoms with Crippen LogP contribution in [0.2, 0.25) is 0 Å². The number of carbonyl (C=O) groups excluding carboxylic acids is 2.